The number of amides is 1. The highest BCUT2D eigenvalue weighted by molar-refractivity contribution is 9.10. The van der Waals surface area contributed by atoms with E-state index in [4.69, 9.17) is 9.51 Å². The molecule has 0 aliphatic carbocycles. The number of fused-ring (bicyclic) bond motifs is 1. The molecule has 1 aromatic carbocycles. The van der Waals surface area contributed by atoms with Crippen LogP contribution in [0.5, 0.6) is 0 Å². The highest BCUT2D eigenvalue weighted by Crippen LogP contribution is 2.30. The van der Waals surface area contributed by atoms with Crippen LogP contribution in [0.15, 0.2) is 33.3 Å². The van der Waals surface area contributed by atoms with Crippen molar-refractivity contribution in [1.29, 1.82) is 0 Å². The van der Waals surface area contributed by atoms with E-state index >= 15 is 0 Å². The van der Waals surface area contributed by atoms with Crippen molar-refractivity contribution < 1.29 is 9.32 Å². The molecule has 0 unspecified atom stereocenters. The van der Waals surface area contributed by atoms with Crippen molar-refractivity contribution in [3.8, 4) is 0 Å². The van der Waals surface area contributed by atoms with Crippen LogP contribution in [0, 0.1) is 12.8 Å². The molecule has 3 aromatic rings. The van der Waals surface area contributed by atoms with Gasteiger partial charge < -0.3 is 14.7 Å². The molecule has 1 N–H and O–H groups in total. The van der Waals surface area contributed by atoms with E-state index in [0.717, 1.165) is 58.9 Å². The molecular formula is C21H24BrN5O2. The lowest BCUT2D eigenvalue weighted by Gasteiger charge is -2.31. The van der Waals surface area contributed by atoms with Crippen molar-refractivity contribution >= 4 is 44.4 Å². The summed E-state index contributed by atoms with van der Waals surface area (Å²) in [4.78, 5) is 24.0. The SMILES string of the molecule is Cc1noc2nc(CCC(=O)Nc3cccc(Br)c3)nc(N3CCC(C)CC3)c12. The first kappa shape index (κ1) is 19.8. The number of hydrogen-bond acceptors (Lipinski definition) is 6. The van der Waals surface area contributed by atoms with Gasteiger partial charge in [-0.05, 0) is 43.9 Å². The minimum absolute atomic E-state index is 0.0751. The second-order valence-electron chi connectivity index (χ2n) is 7.64. The second kappa shape index (κ2) is 8.49. The Balaban J connectivity index is 1.51. The molecule has 4 rings (SSSR count). The number of carbonyl (C=O) groups is 1. The molecule has 7 nitrogen and oxygen atoms in total. The topological polar surface area (TPSA) is 84.1 Å². The van der Waals surface area contributed by atoms with Gasteiger partial charge in [-0.15, -0.1) is 0 Å². The molecule has 0 bridgehead atoms. The first-order valence-corrected chi connectivity index (χ1v) is 10.7. The van der Waals surface area contributed by atoms with Gasteiger partial charge in [0.1, 0.15) is 17.0 Å². The number of carbonyl (C=O) groups excluding carboxylic acids is 1. The van der Waals surface area contributed by atoms with Gasteiger partial charge in [0.05, 0.1) is 5.69 Å². The van der Waals surface area contributed by atoms with Crippen LogP contribution in [0.4, 0.5) is 11.5 Å². The van der Waals surface area contributed by atoms with Crippen molar-refractivity contribution in [3.63, 3.8) is 0 Å². The Morgan fingerprint density at radius 2 is 2.10 bits per heavy atom. The number of piperidine rings is 1. The number of rotatable bonds is 5. The third-order valence-corrected chi connectivity index (χ3v) is 5.79. The maximum atomic E-state index is 12.4. The third kappa shape index (κ3) is 4.58. The number of benzene rings is 1. The highest BCUT2D eigenvalue weighted by Gasteiger charge is 2.23. The quantitative estimate of drug-likeness (QED) is 0.606. The summed E-state index contributed by atoms with van der Waals surface area (Å²) < 4.78 is 6.35. The maximum absolute atomic E-state index is 12.4. The normalized spacial score (nSPS) is 15.1. The van der Waals surface area contributed by atoms with Crippen LogP contribution in [-0.2, 0) is 11.2 Å². The van der Waals surface area contributed by atoms with Crippen LogP contribution < -0.4 is 10.2 Å². The maximum Gasteiger partial charge on any atom is 0.263 e. The first-order chi connectivity index (χ1) is 14.0. The van der Waals surface area contributed by atoms with E-state index in [-0.39, 0.29) is 5.91 Å². The van der Waals surface area contributed by atoms with Crippen molar-refractivity contribution in [2.75, 3.05) is 23.3 Å². The predicted octanol–water partition coefficient (Wildman–Crippen LogP) is 4.50. The number of halogens is 1. The van der Waals surface area contributed by atoms with E-state index in [0.29, 0.717) is 24.4 Å². The zero-order chi connectivity index (χ0) is 20.4. The van der Waals surface area contributed by atoms with Crippen LogP contribution in [0.25, 0.3) is 11.1 Å². The molecule has 0 saturated carbocycles. The predicted molar refractivity (Wildman–Crippen MR) is 116 cm³/mol. The zero-order valence-electron chi connectivity index (χ0n) is 16.6. The standard InChI is InChI=1S/C21H24BrN5O2/c1-13-8-10-27(11-9-13)20-19-14(2)26-29-21(19)25-17(24-20)6-7-18(28)23-16-5-3-4-15(22)12-16/h3-5,12-13H,6-11H2,1-2H3,(H,23,28). The Morgan fingerprint density at radius 3 is 2.86 bits per heavy atom. The summed E-state index contributed by atoms with van der Waals surface area (Å²) >= 11 is 3.41. The molecule has 1 saturated heterocycles. The molecule has 1 aliphatic heterocycles. The smallest absolute Gasteiger partial charge is 0.263 e. The van der Waals surface area contributed by atoms with Gasteiger partial charge in [-0.25, -0.2) is 4.98 Å². The molecule has 1 aliphatic rings. The monoisotopic (exact) mass is 457 g/mol. The van der Waals surface area contributed by atoms with E-state index in [1.54, 1.807) is 0 Å². The number of anilines is 2. The van der Waals surface area contributed by atoms with Gasteiger partial charge in [-0.1, -0.05) is 34.1 Å². The number of hydrogen-bond donors (Lipinski definition) is 1. The molecule has 29 heavy (non-hydrogen) atoms. The fourth-order valence-electron chi connectivity index (χ4n) is 3.59. The van der Waals surface area contributed by atoms with Gasteiger partial charge in [0.2, 0.25) is 5.91 Å². The van der Waals surface area contributed by atoms with E-state index in [9.17, 15) is 4.79 Å². The molecule has 3 heterocycles. The van der Waals surface area contributed by atoms with Gasteiger partial charge in [0.15, 0.2) is 0 Å². The minimum atomic E-state index is -0.0751. The molecule has 1 fully saturated rings. The fraction of sp³-hybridized carbons (Fsp3) is 0.429. The van der Waals surface area contributed by atoms with Crippen molar-refractivity contribution in [1.82, 2.24) is 15.1 Å². The van der Waals surface area contributed by atoms with Gasteiger partial charge in [-0.2, -0.15) is 4.98 Å². The van der Waals surface area contributed by atoms with Crippen LogP contribution >= 0.6 is 15.9 Å². The summed E-state index contributed by atoms with van der Waals surface area (Å²) in [6, 6.07) is 7.53. The minimum Gasteiger partial charge on any atom is -0.356 e. The molecule has 0 spiro atoms. The van der Waals surface area contributed by atoms with Gasteiger partial charge in [0, 0.05) is 36.1 Å². The lowest BCUT2D eigenvalue weighted by atomic mass is 9.99. The van der Waals surface area contributed by atoms with E-state index in [1.807, 2.05) is 31.2 Å². The molecule has 0 radical (unpaired) electrons. The summed E-state index contributed by atoms with van der Waals surface area (Å²) in [5, 5.41) is 7.86. The van der Waals surface area contributed by atoms with Crippen molar-refractivity contribution in [2.45, 2.75) is 39.5 Å². The molecule has 152 valence electrons. The Morgan fingerprint density at radius 1 is 1.31 bits per heavy atom. The Hall–Kier alpha value is -2.48. The van der Waals surface area contributed by atoms with Crippen LogP contribution in [-0.4, -0.2) is 34.1 Å². The first-order valence-electron chi connectivity index (χ1n) is 9.93. The van der Waals surface area contributed by atoms with Crippen LogP contribution in [0.3, 0.4) is 0 Å². The lowest BCUT2D eigenvalue weighted by Crippen LogP contribution is -2.33. The number of nitrogens with one attached hydrogen (secondary N) is 1. The number of aryl methyl sites for hydroxylation is 2. The zero-order valence-corrected chi connectivity index (χ0v) is 18.2. The number of aromatic nitrogens is 3. The summed E-state index contributed by atoms with van der Waals surface area (Å²) in [6.45, 7) is 6.12. The van der Waals surface area contributed by atoms with E-state index in [1.165, 1.54) is 0 Å². The lowest BCUT2D eigenvalue weighted by molar-refractivity contribution is -0.116. The summed E-state index contributed by atoms with van der Waals surface area (Å²) in [6.07, 6.45) is 3.01. The summed E-state index contributed by atoms with van der Waals surface area (Å²) in [5.41, 5.74) is 2.05. The summed E-state index contributed by atoms with van der Waals surface area (Å²) in [7, 11) is 0. The molecule has 0 atom stereocenters. The molecular weight excluding hydrogens is 434 g/mol. The summed E-state index contributed by atoms with van der Waals surface area (Å²) in [5.74, 6) is 2.14. The highest BCUT2D eigenvalue weighted by atomic mass is 79.9. The fourth-order valence-corrected chi connectivity index (χ4v) is 3.99. The van der Waals surface area contributed by atoms with Crippen LogP contribution in [0.1, 0.15) is 37.7 Å². The van der Waals surface area contributed by atoms with Crippen LogP contribution in [0.2, 0.25) is 0 Å². The molecule has 1 amide bonds. The average molecular weight is 458 g/mol. The van der Waals surface area contributed by atoms with E-state index in [2.05, 4.69) is 43.2 Å². The second-order valence-corrected chi connectivity index (χ2v) is 8.56. The van der Waals surface area contributed by atoms with Gasteiger partial charge in [0.25, 0.3) is 5.71 Å². The Labute approximate surface area is 178 Å². The average Bonchev–Trinajstić information content (AvgIpc) is 3.07. The van der Waals surface area contributed by atoms with Crippen molar-refractivity contribution in [3.05, 3.63) is 40.3 Å². The van der Waals surface area contributed by atoms with Crippen molar-refractivity contribution in [2.24, 2.45) is 5.92 Å². The Bertz CT molecular complexity index is 1030. The number of nitrogens with zero attached hydrogens (tertiary/aromatic N) is 4. The largest absolute Gasteiger partial charge is 0.356 e. The van der Waals surface area contributed by atoms with Gasteiger partial charge in [-0.3, -0.25) is 4.79 Å². The molecule has 2 aromatic heterocycles. The van der Waals surface area contributed by atoms with Gasteiger partial charge >= 0.3 is 0 Å². The molecule has 8 heteroatoms. The third-order valence-electron chi connectivity index (χ3n) is 5.30. The van der Waals surface area contributed by atoms with E-state index < -0.39 is 0 Å². The Kier molecular flexibility index (Phi) is 5.80.